The van der Waals surface area contributed by atoms with Crippen LogP contribution in [0.3, 0.4) is 0 Å². The molecule has 1 heterocycles. The van der Waals surface area contributed by atoms with Crippen LogP contribution >= 0.6 is 11.8 Å². The molecule has 3 rings (SSSR count). The molecule has 0 bridgehead atoms. The molecule has 0 spiro atoms. The number of nitrogens with zero attached hydrogens (tertiary/aromatic N) is 2. The highest BCUT2D eigenvalue weighted by atomic mass is 32.2. The lowest BCUT2D eigenvalue weighted by Crippen LogP contribution is -2.30. The minimum Gasteiger partial charge on any atom is -0.258 e. The van der Waals surface area contributed by atoms with Gasteiger partial charge in [0.15, 0.2) is 0 Å². The van der Waals surface area contributed by atoms with Crippen molar-refractivity contribution < 1.29 is 13.3 Å². The van der Waals surface area contributed by atoms with E-state index in [2.05, 4.69) is 0 Å². The molecule has 1 aliphatic rings. The molecule has 0 saturated carbocycles. The molecule has 0 radical (unpaired) electrons. The van der Waals surface area contributed by atoms with E-state index in [4.69, 9.17) is 0 Å². The number of benzene rings is 2. The van der Waals surface area contributed by atoms with E-state index in [1.54, 1.807) is 24.3 Å². The Morgan fingerprint density at radius 1 is 1.16 bits per heavy atom. The van der Waals surface area contributed by atoms with E-state index in [0.29, 0.717) is 12.3 Å². The number of sulfonamides is 1. The van der Waals surface area contributed by atoms with Crippen LogP contribution < -0.4 is 0 Å². The van der Waals surface area contributed by atoms with Crippen molar-refractivity contribution in [2.24, 2.45) is 0 Å². The number of hydrogen-bond donors (Lipinski definition) is 0. The lowest BCUT2D eigenvalue weighted by atomic mass is 10.2. The normalized spacial score (nSPS) is 18.4. The van der Waals surface area contributed by atoms with E-state index in [-0.39, 0.29) is 16.0 Å². The SMILES string of the molecule is CCc1ccc(S(=O)(=O)N2CCS[C@H]2c2ccc([N+](=O)[O-])cc2)cc1. The summed E-state index contributed by atoms with van der Waals surface area (Å²) in [5.41, 5.74) is 1.83. The zero-order valence-corrected chi connectivity index (χ0v) is 15.3. The van der Waals surface area contributed by atoms with Crippen molar-refractivity contribution in [1.29, 1.82) is 0 Å². The maximum atomic E-state index is 13.0. The second kappa shape index (κ2) is 7.15. The average Bonchev–Trinajstić information content (AvgIpc) is 3.12. The quantitative estimate of drug-likeness (QED) is 0.587. The Bertz CT molecular complexity index is 865. The number of hydrogen-bond acceptors (Lipinski definition) is 5. The molecule has 0 amide bonds. The van der Waals surface area contributed by atoms with Gasteiger partial charge in [-0.3, -0.25) is 10.1 Å². The third-order valence-electron chi connectivity index (χ3n) is 4.18. The minimum absolute atomic E-state index is 0.00342. The van der Waals surface area contributed by atoms with Crippen LogP contribution in [0.5, 0.6) is 0 Å². The highest BCUT2D eigenvalue weighted by Gasteiger charge is 2.36. The Hall–Kier alpha value is -1.90. The van der Waals surface area contributed by atoms with E-state index in [1.165, 1.54) is 28.2 Å². The van der Waals surface area contributed by atoms with Crippen LogP contribution in [-0.2, 0) is 16.4 Å². The fourth-order valence-electron chi connectivity index (χ4n) is 2.76. The van der Waals surface area contributed by atoms with Gasteiger partial charge in [-0.15, -0.1) is 11.8 Å². The van der Waals surface area contributed by atoms with Gasteiger partial charge in [0.2, 0.25) is 10.0 Å². The molecule has 1 aliphatic heterocycles. The lowest BCUT2D eigenvalue weighted by molar-refractivity contribution is -0.384. The van der Waals surface area contributed by atoms with Crippen molar-refractivity contribution in [3.05, 3.63) is 69.8 Å². The van der Waals surface area contributed by atoms with Gasteiger partial charge >= 0.3 is 0 Å². The van der Waals surface area contributed by atoms with Crippen molar-refractivity contribution >= 4 is 27.5 Å². The maximum absolute atomic E-state index is 13.0. The number of non-ortho nitro benzene ring substituents is 1. The third-order valence-corrected chi connectivity index (χ3v) is 7.45. The van der Waals surface area contributed by atoms with E-state index >= 15 is 0 Å². The summed E-state index contributed by atoms with van der Waals surface area (Å²) in [4.78, 5) is 10.6. The van der Waals surface area contributed by atoms with Gasteiger partial charge in [-0.25, -0.2) is 8.42 Å². The molecule has 132 valence electrons. The molecule has 0 aromatic heterocycles. The first-order valence-corrected chi connectivity index (χ1v) is 10.4. The Morgan fingerprint density at radius 3 is 2.36 bits per heavy atom. The van der Waals surface area contributed by atoms with Crippen molar-refractivity contribution in [1.82, 2.24) is 4.31 Å². The van der Waals surface area contributed by atoms with E-state index in [9.17, 15) is 18.5 Å². The number of rotatable bonds is 5. The zero-order valence-electron chi connectivity index (χ0n) is 13.7. The van der Waals surface area contributed by atoms with Crippen molar-refractivity contribution in [2.75, 3.05) is 12.3 Å². The molecular weight excluding hydrogens is 360 g/mol. The summed E-state index contributed by atoms with van der Waals surface area (Å²) < 4.78 is 27.5. The van der Waals surface area contributed by atoms with Crippen LogP contribution in [0, 0.1) is 10.1 Å². The molecule has 8 heteroatoms. The van der Waals surface area contributed by atoms with E-state index in [0.717, 1.165) is 17.5 Å². The van der Waals surface area contributed by atoms with Crippen LogP contribution in [0.15, 0.2) is 53.4 Å². The second-order valence-corrected chi connectivity index (χ2v) is 8.76. The molecule has 0 aliphatic carbocycles. The summed E-state index contributed by atoms with van der Waals surface area (Å²) in [6.07, 6.45) is 0.852. The van der Waals surface area contributed by atoms with Crippen LogP contribution in [-0.4, -0.2) is 29.9 Å². The highest BCUT2D eigenvalue weighted by molar-refractivity contribution is 8.01. The van der Waals surface area contributed by atoms with Gasteiger partial charge in [0.1, 0.15) is 0 Å². The molecule has 2 aromatic rings. The molecule has 1 saturated heterocycles. The van der Waals surface area contributed by atoms with Crippen LogP contribution in [0.25, 0.3) is 0 Å². The monoisotopic (exact) mass is 378 g/mol. The predicted octanol–water partition coefficient (Wildman–Crippen LogP) is 3.59. The largest absolute Gasteiger partial charge is 0.269 e. The van der Waals surface area contributed by atoms with Gasteiger partial charge in [0.25, 0.3) is 5.69 Å². The lowest BCUT2D eigenvalue weighted by Gasteiger charge is -2.23. The average molecular weight is 378 g/mol. The minimum atomic E-state index is -3.61. The summed E-state index contributed by atoms with van der Waals surface area (Å²) in [5, 5.41) is 10.4. The fourth-order valence-corrected chi connectivity index (χ4v) is 6.00. The van der Waals surface area contributed by atoms with Gasteiger partial charge in [-0.1, -0.05) is 19.1 Å². The summed E-state index contributed by atoms with van der Waals surface area (Å²) in [6, 6.07) is 13.0. The summed E-state index contributed by atoms with van der Waals surface area (Å²) in [6.45, 7) is 2.44. The van der Waals surface area contributed by atoms with Gasteiger partial charge in [-0.2, -0.15) is 4.31 Å². The van der Waals surface area contributed by atoms with E-state index < -0.39 is 14.9 Å². The second-order valence-electron chi connectivity index (χ2n) is 5.69. The number of nitro benzene ring substituents is 1. The van der Waals surface area contributed by atoms with Gasteiger partial charge in [0, 0.05) is 24.4 Å². The van der Waals surface area contributed by atoms with E-state index in [1.807, 2.05) is 19.1 Å². The summed E-state index contributed by atoms with van der Waals surface area (Å²) in [7, 11) is -3.61. The smallest absolute Gasteiger partial charge is 0.258 e. The van der Waals surface area contributed by atoms with Crippen molar-refractivity contribution in [3.8, 4) is 0 Å². The molecule has 25 heavy (non-hydrogen) atoms. The van der Waals surface area contributed by atoms with Gasteiger partial charge < -0.3 is 0 Å². The molecule has 0 N–H and O–H groups in total. The van der Waals surface area contributed by atoms with Gasteiger partial charge in [-0.05, 0) is 41.8 Å². The Labute approximate surface area is 151 Å². The zero-order chi connectivity index (χ0) is 18.0. The number of nitro groups is 1. The standard InChI is InChI=1S/C17H18N2O4S2/c1-2-13-3-9-16(10-4-13)25(22,23)18-11-12-24-17(18)14-5-7-15(8-6-14)19(20)21/h3-10,17H,2,11-12H2,1H3/t17-/m0/s1. The Morgan fingerprint density at radius 2 is 1.80 bits per heavy atom. The molecule has 0 unspecified atom stereocenters. The van der Waals surface area contributed by atoms with Crippen molar-refractivity contribution in [2.45, 2.75) is 23.6 Å². The first-order valence-electron chi connectivity index (χ1n) is 7.90. The fraction of sp³-hybridized carbons (Fsp3) is 0.294. The molecule has 6 nitrogen and oxygen atoms in total. The third kappa shape index (κ3) is 3.56. The molecule has 2 aromatic carbocycles. The first kappa shape index (κ1) is 17.9. The van der Waals surface area contributed by atoms with Crippen LogP contribution in [0.2, 0.25) is 0 Å². The summed E-state index contributed by atoms with van der Waals surface area (Å²) in [5.74, 6) is 0.688. The van der Waals surface area contributed by atoms with Crippen LogP contribution in [0.4, 0.5) is 5.69 Å². The molecule has 1 fully saturated rings. The Kier molecular flexibility index (Phi) is 5.12. The highest BCUT2D eigenvalue weighted by Crippen LogP contribution is 2.41. The summed E-state index contributed by atoms with van der Waals surface area (Å²) >= 11 is 1.52. The number of thioether (sulfide) groups is 1. The predicted molar refractivity (Wildman–Crippen MR) is 98.0 cm³/mol. The molecular formula is C17H18N2O4S2. The number of aryl methyl sites for hydroxylation is 1. The maximum Gasteiger partial charge on any atom is 0.269 e. The van der Waals surface area contributed by atoms with Crippen molar-refractivity contribution in [3.63, 3.8) is 0 Å². The van der Waals surface area contributed by atoms with Gasteiger partial charge in [0.05, 0.1) is 15.2 Å². The Balaban J connectivity index is 1.90. The molecule has 1 atom stereocenters. The topological polar surface area (TPSA) is 80.5 Å². The van der Waals surface area contributed by atoms with Crippen LogP contribution in [0.1, 0.15) is 23.4 Å². The first-order chi connectivity index (χ1) is 11.9.